The Morgan fingerprint density at radius 3 is 2.93 bits per heavy atom. The molecule has 1 fully saturated rings. The fourth-order valence-corrected chi connectivity index (χ4v) is 5.62. The van der Waals surface area contributed by atoms with Crippen LogP contribution in [0.5, 0.6) is 0 Å². The van der Waals surface area contributed by atoms with Crippen LogP contribution in [-0.2, 0) is 21.6 Å². The van der Waals surface area contributed by atoms with E-state index < -0.39 is 0 Å². The zero-order valence-corrected chi connectivity index (χ0v) is 15.9. The van der Waals surface area contributed by atoms with Crippen LogP contribution in [0.25, 0.3) is 0 Å². The molecule has 1 saturated heterocycles. The van der Waals surface area contributed by atoms with E-state index in [9.17, 15) is 9.59 Å². The van der Waals surface area contributed by atoms with Crippen molar-refractivity contribution < 1.29 is 14.3 Å². The second-order valence-corrected chi connectivity index (χ2v) is 8.55. The summed E-state index contributed by atoms with van der Waals surface area (Å²) in [6, 6.07) is 9.51. The highest BCUT2D eigenvalue weighted by atomic mass is 32.1. The van der Waals surface area contributed by atoms with Gasteiger partial charge in [0.2, 0.25) is 5.91 Å². The Labute approximate surface area is 162 Å². The van der Waals surface area contributed by atoms with Gasteiger partial charge in [0, 0.05) is 30.0 Å². The highest BCUT2D eigenvalue weighted by molar-refractivity contribution is 7.10. The van der Waals surface area contributed by atoms with Crippen molar-refractivity contribution >= 4 is 23.2 Å². The summed E-state index contributed by atoms with van der Waals surface area (Å²) >= 11 is 1.81. The summed E-state index contributed by atoms with van der Waals surface area (Å²) in [4.78, 5) is 28.3. The molecule has 1 atom stereocenters. The molecule has 3 aliphatic rings. The number of amides is 2. The van der Waals surface area contributed by atoms with Crippen molar-refractivity contribution in [3.8, 4) is 0 Å². The molecule has 4 heterocycles. The minimum absolute atomic E-state index is 0.0819. The quantitative estimate of drug-likeness (QED) is 0.869. The maximum absolute atomic E-state index is 12.9. The molecule has 1 spiro atoms. The molecule has 140 valence electrons. The molecule has 2 amide bonds. The van der Waals surface area contributed by atoms with Crippen molar-refractivity contribution in [3.05, 3.63) is 57.3 Å². The summed E-state index contributed by atoms with van der Waals surface area (Å²) in [5.74, 6) is 0.0230. The largest absolute Gasteiger partial charge is 0.370 e. The van der Waals surface area contributed by atoms with Gasteiger partial charge in [-0.05, 0) is 41.5 Å². The molecule has 5 rings (SSSR count). The Balaban J connectivity index is 1.26. The molecule has 1 aromatic carbocycles. The smallest absolute Gasteiger partial charge is 0.252 e. The number of fused-ring (bicyclic) bond motifs is 3. The number of hydrogen-bond donors (Lipinski definition) is 1. The van der Waals surface area contributed by atoms with Crippen LogP contribution in [-0.4, -0.2) is 36.4 Å². The second kappa shape index (κ2) is 6.46. The molecular formula is C21H22N2O3S. The zero-order chi connectivity index (χ0) is 18.4. The average Bonchev–Trinajstić information content (AvgIpc) is 3.29. The lowest BCUT2D eigenvalue weighted by Gasteiger charge is -2.44. The summed E-state index contributed by atoms with van der Waals surface area (Å²) in [5.41, 5.74) is 2.75. The Hall–Kier alpha value is -2.18. The van der Waals surface area contributed by atoms with E-state index >= 15 is 0 Å². The van der Waals surface area contributed by atoms with Crippen molar-refractivity contribution in [2.24, 2.45) is 0 Å². The fraction of sp³-hybridized carbons (Fsp3) is 0.429. The van der Waals surface area contributed by atoms with Crippen LogP contribution in [0.2, 0.25) is 0 Å². The van der Waals surface area contributed by atoms with Crippen LogP contribution in [0.4, 0.5) is 0 Å². The molecule has 5 nitrogen and oxygen atoms in total. The van der Waals surface area contributed by atoms with Gasteiger partial charge in [0.1, 0.15) is 0 Å². The minimum Gasteiger partial charge on any atom is -0.370 e. The first-order valence-electron chi connectivity index (χ1n) is 9.55. The van der Waals surface area contributed by atoms with Gasteiger partial charge < -0.3 is 15.0 Å². The van der Waals surface area contributed by atoms with E-state index in [-0.39, 0.29) is 23.5 Å². The Kier molecular flexibility index (Phi) is 4.06. The van der Waals surface area contributed by atoms with Crippen molar-refractivity contribution in [2.45, 2.75) is 37.3 Å². The Bertz CT molecular complexity index is 898. The molecule has 0 bridgehead atoms. The van der Waals surface area contributed by atoms with E-state index in [4.69, 9.17) is 4.74 Å². The lowest BCUT2D eigenvalue weighted by molar-refractivity contribution is -0.141. The van der Waals surface area contributed by atoms with Gasteiger partial charge in [-0.25, -0.2) is 0 Å². The van der Waals surface area contributed by atoms with Gasteiger partial charge in [0.05, 0.1) is 24.7 Å². The third-order valence-electron chi connectivity index (χ3n) is 6.13. The molecule has 27 heavy (non-hydrogen) atoms. The van der Waals surface area contributed by atoms with Crippen molar-refractivity contribution in [2.75, 3.05) is 19.7 Å². The summed E-state index contributed by atoms with van der Waals surface area (Å²) < 4.78 is 6.22. The lowest BCUT2D eigenvalue weighted by Crippen LogP contribution is -2.48. The predicted octanol–water partition coefficient (Wildman–Crippen LogP) is 3.01. The third-order valence-corrected chi connectivity index (χ3v) is 7.11. The fourth-order valence-electron chi connectivity index (χ4n) is 4.67. The van der Waals surface area contributed by atoms with Gasteiger partial charge in [0.25, 0.3) is 5.91 Å². The van der Waals surface area contributed by atoms with E-state index in [0.717, 1.165) is 31.4 Å². The number of piperidine rings is 1. The molecule has 1 N–H and O–H groups in total. The van der Waals surface area contributed by atoms with E-state index in [1.807, 2.05) is 40.5 Å². The second-order valence-electron chi connectivity index (χ2n) is 7.55. The first-order valence-corrected chi connectivity index (χ1v) is 10.4. The first-order chi connectivity index (χ1) is 13.2. The highest BCUT2D eigenvalue weighted by Crippen LogP contribution is 2.43. The van der Waals surface area contributed by atoms with Crippen LogP contribution >= 0.6 is 11.3 Å². The number of hydrogen-bond acceptors (Lipinski definition) is 4. The number of ether oxygens (including phenoxy) is 1. The molecule has 0 saturated carbocycles. The molecule has 1 unspecified atom stereocenters. The lowest BCUT2D eigenvalue weighted by atomic mass is 9.82. The highest BCUT2D eigenvalue weighted by Gasteiger charge is 2.42. The minimum atomic E-state index is -0.216. The van der Waals surface area contributed by atoms with E-state index in [1.165, 1.54) is 10.4 Å². The normalized spacial score (nSPS) is 23.0. The van der Waals surface area contributed by atoms with Crippen LogP contribution < -0.4 is 5.32 Å². The summed E-state index contributed by atoms with van der Waals surface area (Å²) in [5, 5.41) is 5.10. The number of nitrogens with zero attached hydrogens (tertiary/aromatic N) is 1. The molecule has 1 aromatic heterocycles. The number of likely N-dealkylation sites (tertiary alicyclic amines) is 1. The topological polar surface area (TPSA) is 58.6 Å². The van der Waals surface area contributed by atoms with E-state index in [1.54, 1.807) is 0 Å². The van der Waals surface area contributed by atoms with Crippen LogP contribution in [0.15, 0.2) is 35.7 Å². The van der Waals surface area contributed by atoms with Crippen molar-refractivity contribution in [3.63, 3.8) is 0 Å². The van der Waals surface area contributed by atoms with Crippen LogP contribution in [0.1, 0.15) is 51.7 Å². The maximum Gasteiger partial charge on any atom is 0.252 e. The number of nitrogens with one attached hydrogen (secondary N) is 1. The van der Waals surface area contributed by atoms with Crippen molar-refractivity contribution in [1.29, 1.82) is 0 Å². The SMILES string of the molecule is O=C1NC(CC(=O)N2CCC3(CC2)OCCc2sccc23)c2ccccc21. The summed E-state index contributed by atoms with van der Waals surface area (Å²) in [7, 11) is 0. The van der Waals surface area contributed by atoms with Gasteiger partial charge in [-0.2, -0.15) is 0 Å². The molecular weight excluding hydrogens is 360 g/mol. The number of carbonyl (C=O) groups excluding carboxylic acids is 2. The van der Waals surface area contributed by atoms with Gasteiger partial charge in [-0.15, -0.1) is 11.3 Å². The maximum atomic E-state index is 12.9. The van der Waals surface area contributed by atoms with Crippen LogP contribution in [0.3, 0.4) is 0 Å². The standard InChI is InChI=1S/C21H22N2O3S/c24-19(13-17-14-3-1-2-4-15(14)20(25)22-17)23-9-7-21(8-10-23)16-6-12-27-18(16)5-11-26-21/h1-4,6,12,17H,5,7-11,13H2,(H,22,25). The number of thiophene rings is 1. The number of carbonyl (C=O) groups is 2. The average molecular weight is 382 g/mol. The van der Waals surface area contributed by atoms with Gasteiger partial charge >= 0.3 is 0 Å². The third kappa shape index (κ3) is 2.78. The summed E-state index contributed by atoms with van der Waals surface area (Å²) in [6.07, 6.45) is 3.00. The molecule has 3 aliphatic heterocycles. The monoisotopic (exact) mass is 382 g/mol. The Morgan fingerprint density at radius 2 is 2.07 bits per heavy atom. The molecule has 0 aliphatic carbocycles. The van der Waals surface area contributed by atoms with Gasteiger partial charge in [-0.1, -0.05) is 18.2 Å². The molecule has 0 radical (unpaired) electrons. The number of rotatable bonds is 2. The summed E-state index contributed by atoms with van der Waals surface area (Å²) in [6.45, 7) is 2.18. The zero-order valence-electron chi connectivity index (χ0n) is 15.1. The predicted molar refractivity (Wildman–Crippen MR) is 103 cm³/mol. The van der Waals surface area contributed by atoms with Crippen molar-refractivity contribution in [1.82, 2.24) is 10.2 Å². The van der Waals surface area contributed by atoms with E-state index in [2.05, 4.69) is 16.8 Å². The molecule has 2 aromatic rings. The van der Waals surface area contributed by atoms with E-state index in [0.29, 0.717) is 25.1 Å². The van der Waals surface area contributed by atoms with Gasteiger partial charge in [0.15, 0.2) is 0 Å². The Morgan fingerprint density at radius 1 is 1.26 bits per heavy atom. The first kappa shape index (κ1) is 17.0. The number of benzene rings is 1. The molecule has 6 heteroatoms. The van der Waals surface area contributed by atoms with Gasteiger partial charge in [-0.3, -0.25) is 9.59 Å². The van der Waals surface area contributed by atoms with Crippen LogP contribution in [0, 0.1) is 0 Å².